The molecule has 0 N–H and O–H groups in total. The van der Waals surface area contributed by atoms with Gasteiger partial charge in [-0.05, 0) is 68.5 Å². The van der Waals surface area contributed by atoms with Crippen molar-refractivity contribution in [2.45, 2.75) is 25.0 Å². The Morgan fingerprint density at radius 1 is 1.22 bits per heavy atom. The second-order valence-electron chi connectivity index (χ2n) is 8.45. The smallest absolute Gasteiger partial charge is 0.271 e. The van der Waals surface area contributed by atoms with Crippen molar-refractivity contribution in [3.63, 3.8) is 0 Å². The maximum atomic E-state index is 14.9. The molecule has 7 nitrogen and oxygen atoms in total. The topological polar surface area (TPSA) is 57.6 Å². The first-order chi connectivity index (χ1) is 15.4. The number of oxime groups is 1. The van der Waals surface area contributed by atoms with Crippen LogP contribution in [-0.2, 0) is 9.63 Å². The molecule has 2 aliphatic rings. The Kier molecular flexibility index (Phi) is 6.32. The molecule has 2 heterocycles. The van der Waals surface area contributed by atoms with Crippen LogP contribution in [0.15, 0.2) is 47.6 Å². The monoisotopic (exact) mass is 442 g/mol. The fourth-order valence-electron chi connectivity index (χ4n) is 4.15. The Morgan fingerprint density at radius 3 is 2.59 bits per heavy atom. The van der Waals surface area contributed by atoms with Crippen LogP contribution >= 0.6 is 0 Å². The molecule has 2 aliphatic heterocycles. The SMILES string of the molecule is COc1ccc(C2=NOC(C(=O)N(C)c3ccc(N4CCC(N(C)C)C4)c(F)c3)C2)cc1.[HH]. The number of ether oxygens (including phenoxy) is 1. The molecule has 2 atom stereocenters. The van der Waals surface area contributed by atoms with Crippen molar-refractivity contribution in [3.8, 4) is 5.75 Å². The van der Waals surface area contributed by atoms with E-state index in [0.717, 1.165) is 30.8 Å². The van der Waals surface area contributed by atoms with Gasteiger partial charge in [-0.15, -0.1) is 0 Å². The Morgan fingerprint density at radius 2 is 1.97 bits per heavy atom. The summed E-state index contributed by atoms with van der Waals surface area (Å²) in [5.74, 6) is 0.152. The lowest BCUT2D eigenvalue weighted by atomic mass is 10.0. The standard InChI is InChI=1S/C24H29FN4O3.H2/c1-27(2)18-11-12-29(15-18)22-10-7-17(13-20(22)25)28(3)24(30)23-14-21(26-32-23)16-5-8-19(31-4)9-6-16;/h5-10,13,18,23H,11-12,14-15H2,1-4H3;1H. The molecule has 4 rings (SSSR count). The summed E-state index contributed by atoms with van der Waals surface area (Å²) in [6.07, 6.45) is 0.622. The van der Waals surface area contributed by atoms with Gasteiger partial charge in [0, 0.05) is 39.7 Å². The van der Waals surface area contributed by atoms with E-state index in [0.29, 0.717) is 29.5 Å². The number of amides is 1. The van der Waals surface area contributed by atoms with Crippen molar-refractivity contribution in [1.82, 2.24) is 4.90 Å². The van der Waals surface area contributed by atoms with Gasteiger partial charge in [-0.3, -0.25) is 4.79 Å². The van der Waals surface area contributed by atoms with E-state index < -0.39 is 6.10 Å². The number of hydrogen-bond acceptors (Lipinski definition) is 6. The Labute approximate surface area is 189 Å². The van der Waals surface area contributed by atoms with Gasteiger partial charge in [-0.2, -0.15) is 0 Å². The lowest BCUT2D eigenvalue weighted by molar-refractivity contribution is -0.128. The second-order valence-corrected chi connectivity index (χ2v) is 8.45. The largest absolute Gasteiger partial charge is 0.497 e. The van der Waals surface area contributed by atoms with Crippen LogP contribution in [0.5, 0.6) is 5.75 Å². The molecule has 8 heteroatoms. The number of carbonyl (C=O) groups excluding carboxylic acids is 1. The van der Waals surface area contributed by atoms with Crippen molar-refractivity contribution in [1.29, 1.82) is 0 Å². The molecule has 0 spiro atoms. The van der Waals surface area contributed by atoms with E-state index in [1.807, 2.05) is 38.4 Å². The minimum Gasteiger partial charge on any atom is -0.497 e. The number of likely N-dealkylation sites (N-methyl/N-ethyl adjacent to an activating group) is 2. The summed E-state index contributed by atoms with van der Waals surface area (Å²) in [5, 5.41) is 4.09. The zero-order valence-electron chi connectivity index (χ0n) is 18.9. The quantitative estimate of drug-likeness (QED) is 0.687. The number of carbonyl (C=O) groups is 1. The summed E-state index contributed by atoms with van der Waals surface area (Å²) in [4.78, 5) is 24.0. The van der Waals surface area contributed by atoms with Crippen LogP contribution in [0.2, 0.25) is 0 Å². The van der Waals surface area contributed by atoms with Gasteiger partial charge in [0.25, 0.3) is 5.91 Å². The van der Waals surface area contributed by atoms with Crippen LogP contribution < -0.4 is 14.5 Å². The molecule has 0 aromatic heterocycles. The van der Waals surface area contributed by atoms with E-state index in [2.05, 4.69) is 15.0 Å². The normalized spacial score (nSPS) is 20.3. The molecule has 1 saturated heterocycles. The van der Waals surface area contributed by atoms with Crippen LogP contribution in [0.3, 0.4) is 0 Å². The fourth-order valence-corrected chi connectivity index (χ4v) is 4.15. The molecule has 1 amide bonds. The first-order valence-corrected chi connectivity index (χ1v) is 10.7. The molecule has 2 aromatic rings. The number of rotatable bonds is 6. The number of methoxy groups -OCH3 is 1. The highest BCUT2D eigenvalue weighted by molar-refractivity contribution is 6.06. The molecule has 0 radical (unpaired) electrons. The van der Waals surface area contributed by atoms with Crippen LogP contribution in [-0.4, -0.2) is 70.0 Å². The lowest BCUT2D eigenvalue weighted by Crippen LogP contribution is -2.36. The van der Waals surface area contributed by atoms with Gasteiger partial charge in [-0.1, -0.05) is 5.16 Å². The molecule has 0 bridgehead atoms. The second kappa shape index (κ2) is 9.16. The van der Waals surface area contributed by atoms with E-state index in [4.69, 9.17) is 9.57 Å². The number of benzene rings is 2. The highest BCUT2D eigenvalue weighted by atomic mass is 19.1. The maximum absolute atomic E-state index is 14.9. The van der Waals surface area contributed by atoms with Crippen molar-refractivity contribution < 1.29 is 20.2 Å². The van der Waals surface area contributed by atoms with Gasteiger partial charge in [0.15, 0.2) is 0 Å². The number of nitrogens with zero attached hydrogens (tertiary/aromatic N) is 4. The summed E-state index contributed by atoms with van der Waals surface area (Å²) in [6, 6.07) is 12.8. The molecule has 172 valence electrons. The van der Waals surface area contributed by atoms with Gasteiger partial charge in [0.05, 0.1) is 18.5 Å². The predicted octanol–water partition coefficient (Wildman–Crippen LogP) is 3.38. The van der Waals surface area contributed by atoms with Crippen molar-refractivity contribution in [3.05, 3.63) is 53.8 Å². The van der Waals surface area contributed by atoms with Crippen LogP contribution in [0.25, 0.3) is 0 Å². The highest BCUT2D eigenvalue weighted by Crippen LogP contribution is 2.29. The average Bonchev–Trinajstić information content (AvgIpc) is 3.48. The first-order valence-electron chi connectivity index (χ1n) is 10.7. The minimum absolute atomic E-state index is 0. The summed E-state index contributed by atoms with van der Waals surface area (Å²) in [6.45, 7) is 1.61. The molecule has 0 saturated carbocycles. The predicted molar refractivity (Wildman–Crippen MR) is 125 cm³/mol. The summed E-state index contributed by atoms with van der Waals surface area (Å²) >= 11 is 0. The minimum atomic E-state index is -0.737. The summed E-state index contributed by atoms with van der Waals surface area (Å²) < 4.78 is 20.1. The third-order valence-electron chi connectivity index (χ3n) is 6.25. The van der Waals surface area contributed by atoms with Gasteiger partial charge in [0.2, 0.25) is 6.10 Å². The highest BCUT2D eigenvalue weighted by Gasteiger charge is 2.32. The third-order valence-corrected chi connectivity index (χ3v) is 6.25. The zero-order valence-corrected chi connectivity index (χ0v) is 18.9. The van der Waals surface area contributed by atoms with E-state index in [-0.39, 0.29) is 13.2 Å². The average molecular weight is 443 g/mol. The van der Waals surface area contributed by atoms with Gasteiger partial charge < -0.3 is 24.3 Å². The van der Waals surface area contributed by atoms with Crippen molar-refractivity contribution in [2.75, 3.05) is 51.1 Å². The maximum Gasteiger partial charge on any atom is 0.271 e. The van der Waals surface area contributed by atoms with Gasteiger partial charge >= 0.3 is 0 Å². The van der Waals surface area contributed by atoms with Crippen molar-refractivity contribution >= 4 is 23.0 Å². The fraction of sp³-hybridized carbons (Fsp3) is 0.417. The van der Waals surface area contributed by atoms with Crippen LogP contribution in [0, 0.1) is 5.82 Å². The Balaban J connectivity index is 0.00000306. The molecule has 2 aromatic carbocycles. The summed E-state index contributed by atoms with van der Waals surface area (Å²) in [7, 11) is 7.33. The Hall–Kier alpha value is -3.13. The van der Waals surface area contributed by atoms with Crippen LogP contribution in [0.4, 0.5) is 15.8 Å². The molecule has 2 unspecified atom stereocenters. The molecular formula is C24H31FN4O3. The summed E-state index contributed by atoms with van der Waals surface area (Å²) in [5.41, 5.74) is 2.63. The molecular weight excluding hydrogens is 411 g/mol. The van der Waals surface area contributed by atoms with E-state index in [1.165, 1.54) is 11.0 Å². The van der Waals surface area contributed by atoms with Crippen LogP contribution in [0.1, 0.15) is 19.8 Å². The molecule has 32 heavy (non-hydrogen) atoms. The first kappa shape index (κ1) is 22.1. The molecule has 1 fully saturated rings. The molecule has 0 aliphatic carbocycles. The zero-order chi connectivity index (χ0) is 22.8. The Bertz CT molecular complexity index is 1020. The van der Waals surface area contributed by atoms with Crippen molar-refractivity contribution in [2.24, 2.45) is 5.16 Å². The van der Waals surface area contributed by atoms with E-state index in [9.17, 15) is 9.18 Å². The van der Waals surface area contributed by atoms with E-state index >= 15 is 0 Å². The third kappa shape index (κ3) is 4.41. The van der Waals surface area contributed by atoms with Gasteiger partial charge in [-0.25, -0.2) is 4.39 Å². The lowest BCUT2D eigenvalue weighted by Gasteiger charge is -2.24. The van der Waals surface area contributed by atoms with E-state index in [1.54, 1.807) is 26.3 Å². The number of anilines is 2. The number of hydrogen-bond donors (Lipinski definition) is 0. The number of halogens is 1. The van der Waals surface area contributed by atoms with Gasteiger partial charge in [0.1, 0.15) is 11.6 Å².